The van der Waals surface area contributed by atoms with Gasteiger partial charge in [0, 0.05) is 10.8 Å². The van der Waals surface area contributed by atoms with E-state index in [-0.39, 0.29) is 12.4 Å². The van der Waals surface area contributed by atoms with Crippen LogP contribution in [0.3, 0.4) is 0 Å². The molecule has 0 spiro atoms. The molecule has 1 unspecified atom stereocenters. The fourth-order valence-corrected chi connectivity index (χ4v) is 2.69. The lowest BCUT2D eigenvalue weighted by Crippen LogP contribution is -2.34. The highest BCUT2D eigenvalue weighted by Crippen LogP contribution is 2.25. The van der Waals surface area contributed by atoms with Crippen molar-refractivity contribution < 1.29 is 0 Å². The predicted molar refractivity (Wildman–Crippen MR) is 69.7 cm³/mol. The van der Waals surface area contributed by atoms with Crippen LogP contribution < -0.4 is 5.32 Å². The van der Waals surface area contributed by atoms with Gasteiger partial charge in [0.2, 0.25) is 0 Å². The summed E-state index contributed by atoms with van der Waals surface area (Å²) in [7, 11) is 0. The van der Waals surface area contributed by atoms with Crippen molar-refractivity contribution in [2.75, 3.05) is 12.3 Å². The molecule has 0 bridgehead atoms. The van der Waals surface area contributed by atoms with Gasteiger partial charge >= 0.3 is 0 Å². The maximum atomic E-state index is 3.59. The van der Waals surface area contributed by atoms with Crippen molar-refractivity contribution in [2.24, 2.45) is 0 Å². The average Bonchev–Trinajstić information content (AvgIpc) is 2.04. The summed E-state index contributed by atoms with van der Waals surface area (Å²) >= 11 is 2.09. The maximum Gasteiger partial charge on any atom is 0.00751 e. The van der Waals surface area contributed by atoms with Crippen LogP contribution in [-0.2, 0) is 0 Å². The highest BCUT2D eigenvalue weighted by Gasteiger charge is 2.14. The Morgan fingerprint density at radius 3 is 2.50 bits per heavy atom. The lowest BCUT2D eigenvalue weighted by Gasteiger charge is -2.25. The minimum absolute atomic E-state index is 0. The topological polar surface area (TPSA) is 12.0 Å². The van der Waals surface area contributed by atoms with Crippen LogP contribution in [0.15, 0.2) is 0 Å². The van der Waals surface area contributed by atoms with Crippen molar-refractivity contribution in [2.45, 2.75) is 57.2 Å². The van der Waals surface area contributed by atoms with E-state index in [0.29, 0.717) is 4.75 Å². The second-order valence-electron chi connectivity index (χ2n) is 4.90. The van der Waals surface area contributed by atoms with Gasteiger partial charge in [-0.05, 0) is 31.6 Å². The molecule has 1 saturated heterocycles. The molecule has 1 fully saturated rings. The summed E-state index contributed by atoms with van der Waals surface area (Å²) in [6.45, 7) is 8.13. The molecule has 1 atom stereocenters. The lowest BCUT2D eigenvalue weighted by molar-refractivity contribution is 0.394. The smallest absolute Gasteiger partial charge is 0.00751 e. The summed E-state index contributed by atoms with van der Waals surface area (Å²) in [5.41, 5.74) is 0. The predicted octanol–water partition coefficient (Wildman–Crippen LogP) is 3.47. The molecule has 0 amide bonds. The van der Waals surface area contributed by atoms with Gasteiger partial charge in [0.15, 0.2) is 0 Å². The van der Waals surface area contributed by atoms with Gasteiger partial charge in [-0.3, -0.25) is 0 Å². The molecule has 86 valence electrons. The fourth-order valence-electron chi connectivity index (χ4n) is 1.68. The number of halogens is 1. The molecule has 0 saturated carbocycles. The number of hydrogen-bond acceptors (Lipinski definition) is 2. The first kappa shape index (κ1) is 14.6. The van der Waals surface area contributed by atoms with Crippen LogP contribution in [0.2, 0.25) is 0 Å². The molecule has 14 heavy (non-hydrogen) atoms. The molecule has 1 nitrogen and oxygen atoms in total. The standard InChI is InChI=1S/C11H23NS.ClH/c1-11(2,3)13-9-7-10-6-4-5-8-12-10;/h10,12H,4-9H2,1-3H3;1H. The quantitative estimate of drug-likeness (QED) is 0.807. The second kappa shape index (κ2) is 6.97. The third kappa shape index (κ3) is 6.97. The average molecular weight is 238 g/mol. The molecule has 1 aliphatic heterocycles. The monoisotopic (exact) mass is 237 g/mol. The first-order valence-corrected chi connectivity index (χ1v) is 6.44. The Morgan fingerprint density at radius 1 is 1.29 bits per heavy atom. The normalized spacial score (nSPS) is 22.9. The molecule has 1 N–H and O–H groups in total. The minimum Gasteiger partial charge on any atom is -0.314 e. The van der Waals surface area contributed by atoms with Gasteiger partial charge in [0.25, 0.3) is 0 Å². The van der Waals surface area contributed by atoms with Crippen LogP contribution >= 0.6 is 24.2 Å². The zero-order chi connectivity index (χ0) is 9.73. The third-order valence-electron chi connectivity index (χ3n) is 2.41. The number of hydrogen-bond donors (Lipinski definition) is 1. The summed E-state index contributed by atoms with van der Waals surface area (Å²) in [6, 6.07) is 0.809. The van der Waals surface area contributed by atoms with Gasteiger partial charge in [-0.2, -0.15) is 11.8 Å². The zero-order valence-electron chi connectivity index (χ0n) is 9.64. The Bertz CT molecular complexity index is 139. The molecule has 1 aliphatic rings. The van der Waals surface area contributed by atoms with Gasteiger partial charge in [0.05, 0.1) is 0 Å². The van der Waals surface area contributed by atoms with Crippen molar-refractivity contribution in [3.8, 4) is 0 Å². The molecular formula is C11H24ClNS. The summed E-state index contributed by atoms with van der Waals surface area (Å²) in [6.07, 6.45) is 5.55. The minimum atomic E-state index is 0. The Labute approximate surface area is 99.2 Å². The Balaban J connectivity index is 0.00000169. The first-order chi connectivity index (χ1) is 6.08. The SMILES string of the molecule is CC(C)(C)SCCC1CCCCN1.Cl. The summed E-state index contributed by atoms with van der Waals surface area (Å²) in [5, 5.41) is 3.59. The van der Waals surface area contributed by atoms with Crippen LogP contribution in [0, 0.1) is 0 Å². The Hall–Kier alpha value is 0.600. The molecule has 1 heterocycles. The molecule has 1 rings (SSSR count). The first-order valence-electron chi connectivity index (χ1n) is 5.45. The molecule has 0 aromatic heterocycles. The van der Waals surface area contributed by atoms with Crippen molar-refractivity contribution in [3.05, 3.63) is 0 Å². The van der Waals surface area contributed by atoms with Crippen LogP contribution in [0.5, 0.6) is 0 Å². The summed E-state index contributed by atoms with van der Waals surface area (Å²) < 4.78 is 0.439. The van der Waals surface area contributed by atoms with Crippen molar-refractivity contribution in [3.63, 3.8) is 0 Å². The van der Waals surface area contributed by atoms with Gasteiger partial charge in [-0.15, -0.1) is 12.4 Å². The van der Waals surface area contributed by atoms with Crippen LogP contribution in [0.25, 0.3) is 0 Å². The summed E-state index contributed by atoms with van der Waals surface area (Å²) in [5.74, 6) is 1.31. The number of nitrogens with one attached hydrogen (secondary N) is 1. The number of thioether (sulfide) groups is 1. The molecule has 0 aliphatic carbocycles. The van der Waals surface area contributed by atoms with Crippen LogP contribution in [-0.4, -0.2) is 23.1 Å². The van der Waals surface area contributed by atoms with Gasteiger partial charge in [-0.25, -0.2) is 0 Å². The maximum absolute atomic E-state index is 3.59. The third-order valence-corrected chi connectivity index (χ3v) is 3.72. The van der Waals surface area contributed by atoms with Gasteiger partial charge in [0.1, 0.15) is 0 Å². The number of piperidine rings is 1. The second-order valence-corrected chi connectivity index (χ2v) is 6.82. The van der Waals surface area contributed by atoms with Crippen LogP contribution in [0.1, 0.15) is 46.5 Å². The largest absolute Gasteiger partial charge is 0.314 e. The fraction of sp³-hybridized carbons (Fsp3) is 1.00. The lowest BCUT2D eigenvalue weighted by atomic mass is 10.0. The molecular weight excluding hydrogens is 214 g/mol. The molecule has 0 aromatic rings. The summed E-state index contributed by atoms with van der Waals surface area (Å²) in [4.78, 5) is 0. The molecule has 3 heteroatoms. The van der Waals surface area contributed by atoms with E-state index >= 15 is 0 Å². The van der Waals surface area contributed by atoms with E-state index in [0.717, 1.165) is 6.04 Å². The Kier molecular flexibility index (Phi) is 7.27. The van der Waals surface area contributed by atoms with E-state index in [4.69, 9.17) is 0 Å². The van der Waals surface area contributed by atoms with E-state index in [1.165, 1.54) is 38.0 Å². The zero-order valence-corrected chi connectivity index (χ0v) is 11.3. The van der Waals surface area contributed by atoms with E-state index in [2.05, 4.69) is 37.8 Å². The molecule has 0 radical (unpaired) electrons. The molecule has 0 aromatic carbocycles. The Morgan fingerprint density at radius 2 is 2.00 bits per heavy atom. The highest BCUT2D eigenvalue weighted by molar-refractivity contribution is 8.00. The van der Waals surface area contributed by atoms with Crippen molar-refractivity contribution in [1.82, 2.24) is 5.32 Å². The van der Waals surface area contributed by atoms with Crippen LogP contribution in [0.4, 0.5) is 0 Å². The number of rotatable bonds is 3. The van der Waals surface area contributed by atoms with E-state index < -0.39 is 0 Å². The van der Waals surface area contributed by atoms with E-state index in [1.54, 1.807) is 0 Å². The van der Waals surface area contributed by atoms with Crippen molar-refractivity contribution >= 4 is 24.2 Å². The van der Waals surface area contributed by atoms with Gasteiger partial charge < -0.3 is 5.32 Å². The van der Waals surface area contributed by atoms with Crippen molar-refractivity contribution in [1.29, 1.82) is 0 Å². The van der Waals surface area contributed by atoms with E-state index in [9.17, 15) is 0 Å². The van der Waals surface area contributed by atoms with E-state index in [1.807, 2.05) is 0 Å². The highest BCUT2D eigenvalue weighted by atomic mass is 35.5. The van der Waals surface area contributed by atoms with Gasteiger partial charge in [-0.1, -0.05) is 27.2 Å².